The van der Waals surface area contributed by atoms with Gasteiger partial charge in [0.1, 0.15) is 0 Å². The molecule has 0 bridgehead atoms. The fourth-order valence-corrected chi connectivity index (χ4v) is 1.73. The molecule has 13 heavy (non-hydrogen) atoms. The number of hydrogen-bond donors (Lipinski definition) is 2. The van der Waals surface area contributed by atoms with Gasteiger partial charge in [0.2, 0.25) is 0 Å². The molecule has 0 aromatic heterocycles. The summed E-state index contributed by atoms with van der Waals surface area (Å²) in [5.74, 6) is -1.06. The summed E-state index contributed by atoms with van der Waals surface area (Å²) in [5, 5.41) is 12.1. The van der Waals surface area contributed by atoms with Crippen LogP contribution in [0.5, 0.6) is 0 Å². The van der Waals surface area contributed by atoms with E-state index >= 15 is 0 Å². The molecule has 1 aliphatic heterocycles. The lowest BCUT2D eigenvalue weighted by molar-refractivity contribution is -0.138. The van der Waals surface area contributed by atoms with Crippen LogP contribution < -0.4 is 5.32 Å². The molecule has 0 fully saturated rings. The van der Waals surface area contributed by atoms with Crippen molar-refractivity contribution in [3.05, 3.63) is 29.8 Å². The highest BCUT2D eigenvalue weighted by molar-refractivity contribution is 5.79. The maximum Gasteiger partial charge on any atom is 0.311 e. The summed E-state index contributed by atoms with van der Waals surface area (Å²) in [7, 11) is 0. The van der Waals surface area contributed by atoms with Crippen molar-refractivity contribution in [3.63, 3.8) is 0 Å². The van der Waals surface area contributed by atoms with E-state index in [4.69, 9.17) is 5.11 Å². The van der Waals surface area contributed by atoms with E-state index in [0.717, 1.165) is 17.8 Å². The Kier molecular flexibility index (Phi) is 1.93. The molecule has 0 spiro atoms. The van der Waals surface area contributed by atoms with E-state index in [9.17, 15) is 4.79 Å². The van der Waals surface area contributed by atoms with Crippen molar-refractivity contribution in [2.75, 3.05) is 11.9 Å². The molecule has 0 unspecified atom stereocenters. The summed E-state index contributed by atoms with van der Waals surface area (Å²) in [4.78, 5) is 10.9. The van der Waals surface area contributed by atoms with Crippen LogP contribution in [0.15, 0.2) is 24.3 Å². The number of aliphatic carboxylic acids is 1. The van der Waals surface area contributed by atoms with Gasteiger partial charge in [0.25, 0.3) is 0 Å². The van der Waals surface area contributed by atoms with Crippen LogP contribution in [0.1, 0.15) is 17.9 Å². The molecule has 0 aliphatic carbocycles. The number of benzene rings is 1. The van der Waals surface area contributed by atoms with Crippen molar-refractivity contribution < 1.29 is 9.90 Å². The Bertz CT molecular complexity index is 335. The van der Waals surface area contributed by atoms with E-state index in [0.29, 0.717) is 6.42 Å². The molecule has 3 heteroatoms. The zero-order chi connectivity index (χ0) is 9.26. The minimum atomic E-state index is -0.728. The maximum absolute atomic E-state index is 10.9. The Labute approximate surface area is 76.4 Å². The van der Waals surface area contributed by atoms with Crippen LogP contribution in [0.4, 0.5) is 5.69 Å². The molecule has 1 aliphatic rings. The zero-order valence-corrected chi connectivity index (χ0v) is 7.16. The second-order valence-electron chi connectivity index (χ2n) is 3.19. The molecule has 1 aromatic carbocycles. The summed E-state index contributed by atoms with van der Waals surface area (Å²) in [5.41, 5.74) is 1.86. The first-order valence-electron chi connectivity index (χ1n) is 4.34. The summed E-state index contributed by atoms with van der Waals surface area (Å²) in [6.45, 7) is 0.744. The van der Waals surface area contributed by atoms with E-state index < -0.39 is 5.97 Å². The van der Waals surface area contributed by atoms with Crippen LogP contribution in [-0.2, 0) is 4.79 Å². The Morgan fingerprint density at radius 2 is 2.23 bits per heavy atom. The second-order valence-corrected chi connectivity index (χ2v) is 3.19. The quantitative estimate of drug-likeness (QED) is 0.686. The minimum Gasteiger partial charge on any atom is -0.481 e. The van der Waals surface area contributed by atoms with Gasteiger partial charge in [0, 0.05) is 12.2 Å². The number of hydrogen-bond acceptors (Lipinski definition) is 2. The lowest BCUT2D eigenvalue weighted by Crippen LogP contribution is -2.22. The summed E-state index contributed by atoms with van der Waals surface area (Å²) in [6.07, 6.45) is 0.673. The molecule has 2 N–H and O–H groups in total. The number of rotatable bonds is 1. The standard InChI is InChI=1S/C10H11NO2/c12-10(13)8-5-6-11-9-4-2-1-3-7(8)9/h1-4,8,11H,5-6H2,(H,12,13)/t8-/m1/s1. The molecule has 1 heterocycles. The van der Waals surface area contributed by atoms with Gasteiger partial charge in [-0.15, -0.1) is 0 Å². The van der Waals surface area contributed by atoms with Gasteiger partial charge < -0.3 is 10.4 Å². The van der Waals surface area contributed by atoms with Crippen molar-refractivity contribution in [1.82, 2.24) is 0 Å². The van der Waals surface area contributed by atoms with Gasteiger partial charge in [-0.05, 0) is 18.1 Å². The van der Waals surface area contributed by atoms with Gasteiger partial charge in [-0.2, -0.15) is 0 Å². The van der Waals surface area contributed by atoms with Crippen LogP contribution >= 0.6 is 0 Å². The molecule has 0 radical (unpaired) electrons. The van der Waals surface area contributed by atoms with Gasteiger partial charge in [0.15, 0.2) is 0 Å². The predicted octanol–water partition coefficient (Wildman–Crippen LogP) is 1.67. The number of carbonyl (C=O) groups is 1. The normalized spacial score (nSPS) is 20.2. The van der Waals surface area contributed by atoms with E-state index in [1.807, 2.05) is 24.3 Å². The molecule has 1 atom stereocenters. The molecule has 0 amide bonds. The molecular weight excluding hydrogens is 166 g/mol. The van der Waals surface area contributed by atoms with Gasteiger partial charge in [-0.1, -0.05) is 18.2 Å². The van der Waals surface area contributed by atoms with Crippen molar-refractivity contribution in [1.29, 1.82) is 0 Å². The summed E-state index contributed by atoms with van der Waals surface area (Å²) >= 11 is 0. The average Bonchev–Trinajstić information content (AvgIpc) is 2.17. The first-order chi connectivity index (χ1) is 6.29. The first-order valence-corrected chi connectivity index (χ1v) is 4.34. The lowest BCUT2D eigenvalue weighted by Gasteiger charge is -2.23. The van der Waals surface area contributed by atoms with Crippen LogP contribution in [0.3, 0.4) is 0 Å². The smallest absolute Gasteiger partial charge is 0.311 e. The van der Waals surface area contributed by atoms with E-state index in [1.165, 1.54) is 0 Å². The Morgan fingerprint density at radius 1 is 1.46 bits per heavy atom. The molecular formula is C10H11NO2. The van der Waals surface area contributed by atoms with E-state index in [-0.39, 0.29) is 5.92 Å². The number of carboxylic acid groups (broad SMARTS) is 1. The van der Waals surface area contributed by atoms with Crippen molar-refractivity contribution >= 4 is 11.7 Å². The first kappa shape index (κ1) is 8.10. The van der Waals surface area contributed by atoms with Gasteiger partial charge in [0.05, 0.1) is 5.92 Å². The third-order valence-electron chi connectivity index (χ3n) is 2.38. The fourth-order valence-electron chi connectivity index (χ4n) is 1.73. The van der Waals surface area contributed by atoms with Gasteiger partial charge >= 0.3 is 5.97 Å². The highest BCUT2D eigenvalue weighted by Crippen LogP contribution is 2.30. The molecule has 1 aromatic rings. The second kappa shape index (κ2) is 3.09. The number of nitrogens with one attached hydrogen (secondary N) is 1. The Balaban J connectivity index is 2.42. The minimum absolute atomic E-state index is 0.336. The largest absolute Gasteiger partial charge is 0.481 e. The van der Waals surface area contributed by atoms with Crippen molar-refractivity contribution in [2.24, 2.45) is 0 Å². The molecule has 68 valence electrons. The lowest BCUT2D eigenvalue weighted by atomic mass is 9.91. The third kappa shape index (κ3) is 1.37. The molecule has 2 rings (SSSR count). The van der Waals surface area contributed by atoms with Crippen LogP contribution in [-0.4, -0.2) is 17.6 Å². The highest BCUT2D eigenvalue weighted by atomic mass is 16.4. The monoisotopic (exact) mass is 177 g/mol. The molecule has 3 nitrogen and oxygen atoms in total. The van der Waals surface area contributed by atoms with Gasteiger partial charge in [-0.25, -0.2) is 0 Å². The zero-order valence-electron chi connectivity index (χ0n) is 7.16. The fraction of sp³-hybridized carbons (Fsp3) is 0.300. The topological polar surface area (TPSA) is 49.3 Å². The van der Waals surface area contributed by atoms with Crippen LogP contribution in [0.2, 0.25) is 0 Å². The predicted molar refractivity (Wildman–Crippen MR) is 49.9 cm³/mol. The Hall–Kier alpha value is -1.51. The SMILES string of the molecule is O=C(O)[C@@H]1CCNc2ccccc21. The highest BCUT2D eigenvalue weighted by Gasteiger charge is 2.25. The Morgan fingerprint density at radius 3 is 3.00 bits per heavy atom. The number of para-hydroxylation sites is 1. The van der Waals surface area contributed by atoms with Crippen molar-refractivity contribution in [3.8, 4) is 0 Å². The van der Waals surface area contributed by atoms with Crippen molar-refractivity contribution in [2.45, 2.75) is 12.3 Å². The number of carboxylic acids is 1. The van der Waals surface area contributed by atoms with Crippen LogP contribution in [0, 0.1) is 0 Å². The summed E-state index contributed by atoms with van der Waals surface area (Å²) in [6, 6.07) is 7.59. The molecule has 0 saturated carbocycles. The van der Waals surface area contributed by atoms with E-state index in [2.05, 4.69) is 5.32 Å². The third-order valence-corrected chi connectivity index (χ3v) is 2.38. The number of anilines is 1. The van der Waals surface area contributed by atoms with E-state index in [1.54, 1.807) is 0 Å². The summed E-state index contributed by atoms with van der Waals surface area (Å²) < 4.78 is 0. The average molecular weight is 177 g/mol. The van der Waals surface area contributed by atoms with Crippen LogP contribution in [0.25, 0.3) is 0 Å². The molecule has 0 saturated heterocycles. The maximum atomic E-state index is 10.9. The van der Waals surface area contributed by atoms with Gasteiger partial charge in [-0.3, -0.25) is 4.79 Å². The number of fused-ring (bicyclic) bond motifs is 1.